The second-order valence-corrected chi connectivity index (χ2v) is 6.26. The van der Waals surface area contributed by atoms with Crippen LogP contribution >= 0.6 is 11.3 Å². The van der Waals surface area contributed by atoms with Crippen molar-refractivity contribution in [1.29, 1.82) is 0 Å². The van der Waals surface area contributed by atoms with Crippen molar-refractivity contribution in [1.82, 2.24) is 10.3 Å². The lowest BCUT2D eigenvalue weighted by Crippen LogP contribution is -2.43. The van der Waals surface area contributed by atoms with Gasteiger partial charge >= 0.3 is 5.97 Å². The number of rotatable bonds is 6. The molecular formula is C10H14N2O4S2. The summed E-state index contributed by atoms with van der Waals surface area (Å²) in [5.74, 6) is -1.56. The van der Waals surface area contributed by atoms with Crippen molar-refractivity contribution in [3.05, 3.63) is 16.1 Å². The molecule has 0 saturated heterocycles. The maximum absolute atomic E-state index is 11.8. The summed E-state index contributed by atoms with van der Waals surface area (Å²) >= 11 is 1.45. The third kappa shape index (κ3) is 4.92. The summed E-state index contributed by atoms with van der Waals surface area (Å²) in [6.45, 7) is 3.07. The minimum atomic E-state index is -1.38. The molecule has 100 valence electrons. The number of aryl methyl sites for hydroxylation is 1. The van der Waals surface area contributed by atoms with Gasteiger partial charge in [0.05, 0.1) is 22.2 Å². The Balaban J connectivity index is 2.56. The molecule has 8 heteroatoms. The summed E-state index contributed by atoms with van der Waals surface area (Å²) in [6.07, 6.45) is 0. The lowest BCUT2D eigenvalue weighted by molar-refractivity contribution is -0.140. The van der Waals surface area contributed by atoms with Crippen LogP contribution < -0.4 is 5.32 Å². The van der Waals surface area contributed by atoms with Gasteiger partial charge in [-0.2, -0.15) is 0 Å². The molecular weight excluding hydrogens is 276 g/mol. The number of carbonyl (C=O) groups excluding carboxylic acids is 1. The van der Waals surface area contributed by atoms with Gasteiger partial charge in [0.1, 0.15) is 6.04 Å². The molecule has 1 rings (SSSR count). The highest BCUT2D eigenvalue weighted by Crippen LogP contribution is 2.10. The van der Waals surface area contributed by atoms with E-state index in [1.54, 1.807) is 5.38 Å². The lowest BCUT2D eigenvalue weighted by atomic mass is 10.3. The molecule has 1 heterocycles. The number of carboxylic acid groups (broad SMARTS) is 1. The summed E-state index contributed by atoms with van der Waals surface area (Å²) in [5, 5.41) is 13.8. The number of aliphatic carboxylic acids is 1. The fraction of sp³-hybridized carbons (Fsp3) is 0.500. The Morgan fingerprint density at radius 2 is 2.28 bits per heavy atom. The highest BCUT2D eigenvalue weighted by molar-refractivity contribution is 7.84. The van der Waals surface area contributed by atoms with Gasteiger partial charge in [-0.05, 0) is 6.92 Å². The van der Waals surface area contributed by atoms with Crippen molar-refractivity contribution in [2.75, 3.05) is 5.75 Å². The summed E-state index contributed by atoms with van der Waals surface area (Å²) < 4.78 is 11.8. The molecule has 0 spiro atoms. The molecule has 0 aromatic carbocycles. The maximum Gasteiger partial charge on any atom is 0.327 e. The average molecular weight is 290 g/mol. The van der Waals surface area contributed by atoms with Crippen LogP contribution in [-0.4, -0.2) is 38.0 Å². The smallest absolute Gasteiger partial charge is 0.327 e. The van der Waals surface area contributed by atoms with Crippen molar-refractivity contribution in [2.24, 2.45) is 0 Å². The van der Waals surface area contributed by atoms with Gasteiger partial charge in [0, 0.05) is 23.1 Å². The van der Waals surface area contributed by atoms with Gasteiger partial charge in [-0.3, -0.25) is 9.00 Å². The van der Waals surface area contributed by atoms with Gasteiger partial charge in [0.25, 0.3) is 0 Å². The first kappa shape index (κ1) is 14.8. The first-order valence-corrected chi connectivity index (χ1v) is 7.51. The second-order valence-electron chi connectivity index (χ2n) is 3.70. The third-order valence-corrected chi connectivity index (χ3v) is 4.15. The molecule has 2 atom stereocenters. The van der Waals surface area contributed by atoms with Gasteiger partial charge < -0.3 is 10.4 Å². The number of carbonyl (C=O) groups is 2. The first-order valence-electron chi connectivity index (χ1n) is 5.14. The van der Waals surface area contributed by atoms with E-state index < -0.39 is 28.7 Å². The standard InChI is InChI=1S/C10H14N2O4S2/c1-6(13)11-9(10(14)15)5-18(16)4-8-3-17-7(2)12-8/h3,9H,4-5H2,1-2H3,(H,11,13)(H,14,15). The average Bonchev–Trinajstić information content (AvgIpc) is 2.62. The monoisotopic (exact) mass is 290 g/mol. The SMILES string of the molecule is CC(=O)NC(CS(=O)Cc1csc(C)n1)C(=O)O. The van der Waals surface area contributed by atoms with E-state index in [9.17, 15) is 13.8 Å². The molecule has 0 saturated carbocycles. The van der Waals surface area contributed by atoms with Crippen LogP contribution in [0.25, 0.3) is 0 Å². The molecule has 0 aliphatic carbocycles. The second kappa shape index (κ2) is 6.60. The molecule has 0 aliphatic heterocycles. The van der Waals surface area contributed by atoms with E-state index in [0.29, 0.717) is 5.69 Å². The molecule has 1 aromatic rings. The molecule has 2 N–H and O–H groups in total. The van der Waals surface area contributed by atoms with Crippen LogP contribution in [0.1, 0.15) is 17.6 Å². The molecule has 0 bridgehead atoms. The van der Waals surface area contributed by atoms with Gasteiger partial charge in [0.2, 0.25) is 5.91 Å². The third-order valence-electron chi connectivity index (χ3n) is 2.00. The van der Waals surface area contributed by atoms with Crippen LogP contribution in [-0.2, 0) is 26.1 Å². The Hall–Kier alpha value is -1.28. The van der Waals surface area contributed by atoms with Gasteiger partial charge in [0.15, 0.2) is 0 Å². The summed E-state index contributed by atoms with van der Waals surface area (Å²) in [6, 6.07) is -1.12. The van der Waals surface area contributed by atoms with Crippen LogP contribution in [0.3, 0.4) is 0 Å². The van der Waals surface area contributed by atoms with E-state index in [1.165, 1.54) is 18.3 Å². The van der Waals surface area contributed by atoms with Crippen LogP contribution in [0.2, 0.25) is 0 Å². The fourth-order valence-electron chi connectivity index (χ4n) is 1.30. The van der Waals surface area contributed by atoms with E-state index in [2.05, 4.69) is 10.3 Å². The van der Waals surface area contributed by atoms with Gasteiger partial charge in [-0.25, -0.2) is 9.78 Å². The summed E-state index contributed by atoms with van der Waals surface area (Å²) in [4.78, 5) is 25.8. The minimum Gasteiger partial charge on any atom is -0.480 e. The Morgan fingerprint density at radius 3 is 2.72 bits per heavy atom. The topological polar surface area (TPSA) is 96.4 Å². The van der Waals surface area contributed by atoms with E-state index in [4.69, 9.17) is 5.11 Å². The van der Waals surface area contributed by atoms with Crippen LogP contribution in [0, 0.1) is 6.92 Å². The molecule has 2 unspecified atom stereocenters. The zero-order valence-corrected chi connectivity index (χ0v) is 11.6. The lowest BCUT2D eigenvalue weighted by Gasteiger charge is -2.12. The van der Waals surface area contributed by atoms with Gasteiger partial charge in [-0.15, -0.1) is 11.3 Å². The number of aromatic nitrogens is 1. The molecule has 0 radical (unpaired) electrons. The summed E-state index contributed by atoms with van der Waals surface area (Å²) in [5.41, 5.74) is 0.683. The molecule has 6 nitrogen and oxygen atoms in total. The zero-order valence-electron chi connectivity index (χ0n) is 10.0. The number of carboxylic acids is 1. The van der Waals surface area contributed by atoms with E-state index in [0.717, 1.165) is 5.01 Å². The van der Waals surface area contributed by atoms with Crippen LogP contribution in [0.5, 0.6) is 0 Å². The van der Waals surface area contributed by atoms with Crippen molar-refractivity contribution in [3.8, 4) is 0 Å². The highest BCUT2D eigenvalue weighted by Gasteiger charge is 2.21. The van der Waals surface area contributed by atoms with Crippen molar-refractivity contribution < 1.29 is 18.9 Å². The van der Waals surface area contributed by atoms with Crippen LogP contribution in [0.4, 0.5) is 0 Å². The van der Waals surface area contributed by atoms with Crippen molar-refractivity contribution >= 4 is 34.0 Å². The Morgan fingerprint density at radius 1 is 1.61 bits per heavy atom. The predicted octanol–water partition coefficient (Wildman–Crippen LogP) is 0.290. The van der Waals surface area contributed by atoms with Gasteiger partial charge in [-0.1, -0.05) is 0 Å². The number of hydrogen-bond donors (Lipinski definition) is 2. The number of thiazole rings is 1. The summed E-state index contributed by atoms with van der Waals surface area (Å²) in [7, 11) is -1.38. The minimum absolute atomic E-state index is 0.120. The molecule has 0 fully saturated rings. The normalized spacial score (nSPS) is 13.9. The fourth-order valence-corrected chi connectivity index (χ4v) is 3.22. The molecule has 0 aliphatic rings. The largest absolute Gasteiger partial charge is 0.480 e. The highest BCUT2D eigenvalue weighted by atomic mass is 32.2. The Kier molecular flexibility index (Phi) is 5.42. The number of hydrogen-bond acceptors (Lipinski definition) is 5. The number of nitrogens with one attached hydrogen (secondary N) is 1. The molecule has 1 amide bonds. The molecule has 18 heavy (non-hydrogen) atoms. The quantitative estimate of drug-likeness (QED) is 0.785. The first-order chi connectivity index (χ1) is 8.38. The predicted molar refractivity (Wildman–Crippen MR) is 68.8 cm³/mol. The van der Waals surface area contributed by atoms with E-state index >= 15 is 0 Å². The van der Waals surface area contributed by atoms with E-state index in [-0.39, 0.29) is 11.5 Å². The Labute approximate surface area is 111 Å². The number of amides is 1. The van der Waals surface area contributed by atoms with Crippen molar-refractivity contribution in [3.63, 3.8) is 0 Å². The van der Waals surface area contributed by atoms with Crippen molar-refractivity contribution in [2.45, 2.75) is 25.6 Å². The Bertz CT molecular complexity index is 472. The number of nitrogens with zero attached hydrogens (tertiary/aromatic N) is 1. The molecule has 1 aromatic heterocycles. The van der Waals surface area contributed by atoms with Crippen LogP contribution in [0.15, 0.2) is 5.38 Å². The maximum atomic E-state index is 11.8. The van der Waals surface area contributed by atoms with E-state index in [1.807, 2.05) is 6.92 Å². The zero-order chi connectivity index (χ0) is 13.7.